The van der Waals surface area contributed by atoms with Crippen LogP contribution in [0.1, 0.15) is 13.3 Å². The van der Waals surface area contributed by atoms with Crippen molar-refractivity contribution in [1.29, 1.82) is 0 Å². The third kappa shape index (κ3) is 3.75. The van der Waals surface area contributed by atoms with Crippen LogP contribution in [0.3, 0.4) is 0 Å². The van der Waals surface area contributed by atoms with Crippen LogP contribution in [-0.2, 0) is 9.47 Å². The highest BCUT2D eigenvalue weighted by Gasteiger charge is 2.20. The maximum Gasteiger partial charge on any atom is 0.125 e. The number of ether oxygens (including phenoxy) is 2. The third-order valence-corrected chi connectivity index (χ3v) is 3.20. The molecule has 0 amide bonds. The molecule has 0 aromatic rings. The minimum atomic E-state index is -0.0121. The van der Waals surface area contributed by atoms with Crippen molar-refractivity contribution >= 4 is 0 Å². The third-order valence-electron chi connectivity index (χ3n) is 3.20. The van der Waals surface area contributed by atoms with Crippen molar-refractivity contribution in [2.45, 2.75) is 19.4 Å². The first-order valence-corrected chi connectivity index (χ1v) is 6.58. The first-order chi connectivity index (χ1) is 9.71. The molecule has 1 aliphatic rings. The molecule has 1 aliphatic carbocycles. The molecular formula is C17H23NO2. The van der Waals surface area contributed by atoms with Crippen molar-refractivity contribution < 1.29 is 9.47 Å². The highest BCUT2D eigenvalue weighted by atomic mass is 16.5. The van der Waals surface area contributed by atoms with Gasteiger partial charge in [0.05, 0.1) is 7.11 Å². The lowest BCUT2D eigenvalue weighted by molar-refractivity contribution is 0.0791. The lowest BCUT2D eigenvalue weighted by Crippen LogP contribution is -2.18. The molecule has 0 fully saturated rings. The van der Waals surface area contributed by atoms with Crippen molar-refractivity contribution in [3.8, 4) is 0 Å². The molecule has 1 rings (SSSR count). The van der Waals surface area contributed by atoms with Gasteiger partial charge in [-0.1, -0.05) is 30.9 Å². The van der Waals surface area contributed by atoms with Crippen LogP contribution in [0, 0.1) is 0 Å². The van der Waals surface area contributed by atoms with E-state index >= 15 is 0 Å². The fourth-order valence-corrected chi connectivity index (χ4v) is 2.17. The van der Waals surface area contributed by atoms with Crippen LogP contribution in [0.5, 0.6) is 0 Å². The molecule has 0 saturated carbocycles. The van der Waals surface area contributed by atoms with Crippen molar-refractivity contribution in [3.05, 3.63) is 71.7 Å². The van der Waals surface area contributed by atoms with Gasteiger partial charge in [-0.05, 0) is 48.4 Å². The number of nitrogens with two attached hydrogens (primary N) is 1. The maximum absolute atomic E-state index is 5.40. The topological polar surface area (TPSA) is 44.5 Å². The average Bonchev–Trinajstić information content (AvgIpc) is 2.50. The lowest BCUT2D eigenvalue weighted by Gasteiger charge is -2.22. The zero-order chi connectivity index (χ0) is 15.0. The van der Waals surface area contributed by atoms with E-state index in [-0.39, 0.29) is 6.10 Å². The lowest BCUT2D eigenvalue weighted by atomic mass is 9.91. The van der Waals surface area contributed by atoms with Gasteiger partial charge in [-0.15, -0.1) is 0 Å². The SMILES string of the molecule is C=CC(=C\C=C/N)/C(=C/C)C1=CCC(OC)C(OC)=C1. The minimum Gasteiger partial charge on any atom is -0.498 e. The summed E-state index contributed by atoms with van der Waals surface area (Å²) in [4.78, 5) is 0. The summed E-state index contributed by atoms with van der Waals surface area (Å²) >= 11 is 0. The predicted molar refractivity (Wildman–Crippen MR) is 84.0 cm³/mol. The van der Waals surface area contributed by atoms with Crippen LogP contribution in [0.2, 0.25) is 0 Å². The fraction of sp³-hybridized carbons (Fsp3) is 0.294. The Morgan fingerprint density at radius 1 is 1.45 bits per heavy atom. The molecule has 0 spiro atoms. The summed E-state index contributed by atoms with van der Waals surface area (Å²) in [7, 11) is 3.35. The van der Waals surface area contributed by atoms with Crippen LogP contribution >= 0.6 is 0 Å². The van der Waals surface area contributed by atoms with E-state index in [9.17, 15) is 0 Å². The highest BCUT2D eigenvalue weighted by Crippen LogP contribution is 2.29. The zero-order valence-electron chi connectivity index (χ0n) is 12.4. The van der Waals surface area contributed by atoms with Crippen LogP contribution in [0.15, 0.2) is 71.7 Å². The van der Waals surface area contributed by atoms with E-state index in [4.69, 9.17) is 15.2 Å². The molecule has 0 aromatic heterocycles. The molecule has 0 bridgehead atoms. The molecule has 108 valence electrons. The Kier molecular flexibility index (Phi) is 6.60. The first kappa shape index (κ1) is 16.1. The molecular weight excluding hydrogens is 250 g/mol. The number of hydrogen-bond acceptors (Lipinski definition) is 3. The Morgan fingerprint density at radius 3 is 2.70 bits per heavy atom. The molecule has 1 unspecified atom stereocenters. The monoisotopic (exact) mass is 273 g/mol. The summed E-state index contributed by atoms with van der Waals surface area (Å²) in [6.45, 7) is 5.86. The summed E-state index contributed by atoms with van der Waals surface area (Å²) in [5, 5.41) is 0. The molecule has 3 nitrogen and oxygen atoms in total. The van der Waals surface area contributed by atoms with Gasteiger partial charge < -0.3 is 15.2 Å². The van der Waals surface area contributed by atoms with Crippen LogP contribution < -0.4 is 5.73 Å². The molecule has 20 heavy (non-hydrogen) atoms. The standard InChI is InChI=1S/C17H23NO2/c1-5-13(8-7-11-18)15(6-2)14-9-10-16(19-3)17(12-14)20-4/h5-9,11-12,16H,1,10,18H2,2-4H3/b11-7-,13-8+,15-6-. The van der Waals surface area contributed by atoms with E-state index in [0.717, 1.165) is 28.9 Å². The smallest absolute Gasteiger partial charge is 0.125 e. The number of hydrogen-bond donors (Lipinski definition) is 1. The quantitative estimate of drug-likeness (QED) is 0.754. The fourth-order valence-electron chi connectivity index (χ4n) is 2.17. The maximum atomic E-state index is 5.40. The van der Waals surface area contributed by atoms with Crippen molar-refractivity contribution in [2.24, 2.45) is 5.73 Å². The number of methoxy groups -OCH3 is 2. The largest absolute Gasteiger partial charge is 0.498 e. The van der Waals surface area contributed by atoms with E-state index in [2.05, 4.69) is 18.7 Å². The highest BCUT2D eigenvalue weighted by molar-refractivity contribution is 5.57. The van der Waals surface area contributed by atoms with Crippen molar-refractivity contribution in [3.63, 3.8) is 0 Å². The molecule has 0 radical (unpaired) electrons. The van der Waals surface area contributed by atoms with Crippen molar-refractivity contribution in [2.75, 3.05) is 14.2 Å². The van der Waals surface area contributed by atoms with E-state index in [1.165, 1.54) is 6.20 Å². The Labute approximate surface area is 121 Å². The van der Waals surface area contributed by atoms with Gasteiger partial charge in [-0.2, -0.15) is 0 Å². The minimum absolute atomic E-state index is 0.0121. The molecule has 0 saturated heterocycles. The second-order valence-corrected chi connectivity index (χ2v) is 4.28. The Hall–Kier alpha value is -2.00. The number of allylic oxidation sites excluding steroid dienone is 8. The predicted octanol–water partition coefficient (Wildman–Crippen LogP) is 3.39. The van der Waals surface area contributed by atoms with E-state index in [1.54, 1.807) is 20.3 Å². The van der Waals surface area contributed by atoms with E-state index in [1.807, 2.05) is 25.2 Å². The molecule has 0 heterocycles. The number of rotatable bonds is 6. The first-order valence-electron chi connectivity index (χ1n) is 6.58. The van der Waals surface area contributed by atoms with Gasteiger partial charge in [-0.25, -0.2) is 0 Å². The Balaban J connectivity index is 3.12. The van der Waals surface area contributed by atoms with Crippen LogP contribution in [0.25, 0.3) is 0 Å². The summed E-state index contributed by atoms with van der Waals surface area (Å²) in [6.07, 6.45) is 14.0. The van der Waals surface area contributed by atoms with Gasteiger partial charge in [0.1, 0.15) is 11.9 Å². The van der Waals surface area contributed by atoms with Gasteiger partial charge in [0.15, 0.2) is 0 Å². The van der Waals surface area contributed by atoms with E-state index < -0.39 is 0 Å². The van der Waals surface area contributed by atoms with Gasteiger partial charge in [-0.3, -0.25) is 0 Å². The zero-order valence-corrected chi connectivity index (χ0v) is 12.4. The molecule has 3 heteroatoms. The van der Waals surface area contributed by atoms with Crippen LogP contribution in [-0.4, -0.2) is 20.3 Å². The summed E-state index contributed by atoms with van der Waals surface area (Å²) in [5.74, 6) is 0.835. The molecule has 1 atom stereocenters. The molecule has 0 aliphatic heterocycles. The average molecular weight is 273 g/mol. The summed E-state index contributed by atoms with van der Waals surface area (Å²) in [6, 6.07) is 0. The van der Waals surface area contributed by atoms with Crippen molar-refractivity contribution in [1.82, 2.24) is 0 Å². The van der Waals surface area contributed by atoms with Gasteiger partial charge in [0, 0.05) is 7.11 Å². The van der Waals surface area contributed by atoms with E-state index in [0.29, 0.717) is 0 Å². The van der Waals surface area contributed by atoms with Gasteiger partial charge in [0.25, 0.3) is 0 Å². The Bertz CT molecular complexity index is 493. The van der Waals surface area contributed by atoms with Crippen LogP contribution in [0.4, 0.5) is 0 Å². The summed E-state index contributed by atoms with van der Waals surface area (Å²) < 4.78 is 10.8. The molecule has 0 aromatic carbocycles. The Morgan fingerprint density at radius 2 is 2.20 bits per heavy atom. The molecule has 2 N–H and O–H groups in total. The second-order valence-electron chi connectivity index (χ2n) is 4.28. The van der Waals surface area contributed by atoms with Gasteiger partial charge >= 0.3 is 0 Å². The second kappa shape index (κ2) is 8.23. The van der Waals surface area contributed by atoms with Gasteiger partial charge in [0.2, 0.25) is 0 Å². The summed E-state index contributed by atoms with van der Waals surface area (Å²) in [5.41, 5.74) is 8.61. The normalized spacial score (nSPS) is 20.6.